The van der Waals surface area contributed by atoms with Crippen LogP contribution in [0, 0.1) is 0 Å². The highest BCUT2D eigenvalue weighted by Crippen LogP contribution is 2.28. The first-order valence-corrected chi connectivity index (χ1v) is 11.6. The summed E-state index contributed by atoms with van der Waals surface area (Å²) in [5, 5.41) is 9.70. The second-order valence-electron chi connectivity index (χ2n) is 7.22. The van der Waals surface area contributed by atoms with Gasteiger partial charge in [-0.05, 0) is 35.9 Å². The molecule has 0 unspecified atom stereocenters. The van der Waals surface area contributed by atoms with E-state index < -0.39 is 0 Å². The zero-order valence-corrected chi connectivity index (χ0v) is 20.0. The Bertz CT molecular complexity index is 1310. The van der Waals surface area contributed by atoms with Crippen LogP contribution >= 0.6 is 11.3 Å². The Hall–Kier alpha value is -4.37. The van der Waals surface area contributed by atoms with Crippen molar-refractivity contribution in [1.82, 2.24) is 4.98 Å². The normalized spacial score (nSPS) is 10.7. The van der Waals surface area contributed by atoms with Gasteiger partial charge in [0.25, 0.3) is 5.91 Å². The fourth-order valence-corrected chi connectivity index (χ4v) is 3.86. The molecule has 0 aliphatic heterocycles. The number of hydrazone groups is 1. The van der Waals surface area contributed by atoms with E-state index in [-0.39, 0.29) is 12.5 Å². The van der Waals surface area contributed by atoms with Crippen molar-refractivity contribution in [2.45, 2.75) is 0 Å². The van der Waals surface area contributed by atoms with Gasteiger partial charge in [-0.3, -0.25) is 10.2 Å². The standard InChI is InChI=1S/C26H24N4O4S/c1-32-22-11-7-6-10-20(22)28-25(31)16-34-23-13-12-18(14-24(23)33-2)15-27-30-26-29-21(17-35-26)19-8-4-3-5-9-19/h3-15,17H,16H2,1-2H3,(H,28,31)(H,29,30). The monoisotopic (exact) mass is 488 g/mol. The number of carbonyl (C=O) groups is 1. The Kier molecular flexibility index (Phi) is 7.92. The molecule has 2 N–H and O–H groups in total. The molecule has 4 aromatic rings. The molecule has 4 rings (SSSR count). The molecular weight excluding hydrogens is 464 g/mol. The van der Waals surface area contributed by atoms with E-state index in [2.05, 4.69) is 20.8 Å². The van der Waals surface area contributed by atoms with Crippen LogP contribution in [0.1, 0.15) is 5.56 Å². The van der Waals surface area contributed by atoms with Gasteiger partial charge in [0.2, 0.25) is 5.13 Å². The number of nitrogens with zero attached hydrogens (tertiary/aromatic N) is 2. The van der Waals surface area contributed by atoms with Crippen molar-refractivity contribution in [3.63, 3.8) is 0 Å². The predicted octanol–water partition coefficient (Wildman–Crippen LogP) is 5.29. The van der Waals surface area contributed by atoms with Gasteiger partial charge in [0, 0.05) is 10.9 Å². The molecule has 0 bridgehead atoms. The number of thiazole rings is 1. The summed E-state index contributed by atoms with van der Waals surface area (Å²) in [5.41, 5.74) is 6.26. The molecule has 35 heavy (non-hydrogen) atoms. The van der Waals surface area contributed by atoms with Crippen molar-refractivity contribution < 1.29 is 19.0 Å². The smallest absolute Gasteiger partial charge is 0.262 e. The van der Waals surface area contributed by atoms with E-state index in [4.69, 9.17) is 14.2 Å². The summed E-state index contributed by atoms with van der Waals surface area (Å²) in [4.78, 5) is 16.9. The number of amides is 1. The van der Waals surface area contributed by atoms with E-state index in [9.17, 15) is 4.79 Å². The number of rotatable bonds is 10. The number of benzene rings is 3. The van der Waals surface area contributed by atoms with E-state index in [0.717, 1.165) is 16.8 Å². The average Bonchev–Trinajstić information content (AvgIpc) is 3.37. The predicted molar refractivity (Wildman–Crippen MR) is 139 cm³/mol. The summed E-state index contributed by atoms with van der Waals surface area (Å²) < 4.78 is 16.3. The molecule has 0 spiro atoms. The molecule has 1 amide bonds. The summed E-state index contributed by atoms with van der Waals surface area (Å²) >= 11 is 1.48. The Balaban J connectivity index is 1.33. The largest absolute Gasteiger partial charge is 0.495 e. The van der Waals surface area contributed by atoms with Crippen molar-refractivity contribution in [3.8, 4) is 28.5 Å². The van der Waals surface area contributed by atoms with Crippen molar-refractivity contribution >= 4 is 34.3 Å². The summed E-state index contributed by atoms with van der Waals surface area (Å²) in [5.74, 6) is 1.19. The average molecular weight is 489 g/mol. The number of nitrogens with one attached hydrogen (secondary N) is 2. The number of methoxy groups -OCH3 is 2. The Morgan fingerprint density at radius 1 is 0.971 bits per heavy atom. The van der Waals surface area contributed by atoms with Crippen molar-refractivity contribution in [1.29, 1.82) is 0 Å². The molecule has 0 atom stereocenters. The number of carbonyl (C=O) groups excluding carboxylic acids is 1. The lowest BCUT2D eigenvalue weighted by Gasteiger charge is -2.12. The topological polar surface area (TPSA) is 94.1 Å². The Morgan fingerprint density at radius 2 is 1.74 bits per heavy atom. The van der Waals surface area contributed by atoms with Crippen LogP contribution in [-0.2, 0) is 4.79 Å². The molecule has 9 heteroatoms. The summed E-state index contributed by atoms with van der Waals surface area (Å²) in [7, 11) is 3.09. The quantitative estimate of drug-likeness (QED) is 0.233. The number of hydrogen-bond donors (Lipinski definition) is 2. The minimum atomic E-state index is -0.315. The second-order valence-corrected chi connectivity index (χ2v) is 8.08. The third-order valence-electron chi connectivity index (χ3n) is 4.88. The van der Waals surface area contributed by atoms with Gasteiger partial charge in [0.15, 0.2) is 18.1 Å². The van der Waals surface area contributed by atoms with Gasteiger partial charge in [-0.2, -0.15) is 5.10 Å². The number of hydrogen-bond acceptors (Lipinski definition) is 8. The molecule has 1 heterocycles. The second kappa shape index (κ2) is 11.7. The Labute approximate surface area is 207 Å². The highest BCUT2D eigenvalue weighted by molar-refractivity contribution is 7.14. The molecule has 1 aromatic heterocycles. The van der Waals surface area contributed by atoms with E-state index in [1.54, 1.807) is 37.6 Å². The first kappa shape index (κ1) is 23.8. The lowest BCUT2D eigenvalue weighted by molar-refractivity contribution is -0.118. The lowest BCUT2D eigenvalue weighted by atomic mass is 10.2. The zero-order chi connectivity index (χ0) is 24.5. The maximum Gasteiger partial charge on any atom is 0.262 e. The molecule has 0 saturated heterocycles. The maximum absolute atomic E-state index is 12.3. The molecule has 3 aromatic carbocycles. The molecule has 0 aliphatic carbocycles. The van der Waals surface area contributed by atoms with E-state index in [1.165, 1.54) is 18.4 Å². The fraction of sp³-hybridized carbons (Fsp3) is 0.115. The number of aromatic nitrogens is 1. The molecular formula is C26H24N4O4S. The highest BCUT2D eigenvalue weighted by atomic mass is 32.1. The number of ether oxygens (including phenoxy) is 3. The first-order valence-electron chi connectivity index (χ1n) is 10.7. The minimum absolute atomic E-state index is 0.183. The van der Waals surface area contributed by atoms with Crippen LogP contribution in [0.5, 0.6) is 17.2 Å². The SMILES string of the molecule is COc1ccccc1NC(=O)COc1ccc(C=NNc2nc(-c3ccccc3)cs2)cc1OC. The van der Waals surface area contributed by atoms with Crippen LogP contribution in [0.2, 0.25) is 0 Å². The number of anilines is 2. The van der Waals surface area contributed by atoms with E-state index in [0.29, 0.717) is 28.1 Å². The molecule has 0 radical (unpaired) electrons. The van der Waals surface area contributed by atoms with Gasteiger partial charge in [0.05, 0.1) is 31.8 Å². The van der Waals surface area contributed by atoms with Crippen molar-refractivity contribution in [3.05, 3.63) is 83.7 Å². The molecule has 8 nitrogen and oxygen atoms in total. The summed E-state index contributed by atoms with van der Waals surface area (Å²) in [6.07, 6.45) is 1.66. The van der Waals surface area contributed by atoms with Crippen molar-refractivity contribution in [2.24, 2.45) is 5.10 Å². The Morgan fingerprint density at radius 3 is 2.54 bits per heavy atom. The summed E-state index contributed by atoms with van der Waals surface area (Å²) in [6, 6.07) is 22.5. The molecule has 178 valence electrons. The van der Waals surface area contributed by atoms with Gasteiger partial charge in [-0.25, -0.2) is 4.98 Å². The lowest BCUT2D eigenvalue weighted by Crippen LogP contribution is -2.20. The molecule has 0 fully saturated rings. The van der Waals surface area contributed by atoms with Crippen LogP contribution in [0.15, 0.2) is 83.3 Å². The van der Waals surface area contributed by atoms with Gasteiger partial charge < -0.3 is 19.5 Å². The van der Waals surface area contributed by atoms with Crippen molar-refractivity contribution in [2.75, 3.05) is 31.6 Å². The van der Waals surface area contributed by atoms with Crippen LogP contribution in [0.25, 0.3) is 11.3 Å². The van der Waals surface area contributed by atoms with Crippen LogP contribution in [-0.4, -0.2) is 37.9 Å². The van der Waals surface area contributed by atoms with Crippen LogP contribution in [0.4, 0.5) is 10.8 Å². The van der Waals surface area contributed by atoms with Crippen LogP contribution < -0.4 is 25.0 Å². The van der Waals surface area contributed by atoms with Gasteiger partial charge in [0.1, 0.15) is 5.75 Å². The van der Waals surface area contributed by atoms with Gasteiger partial charge in [-0.1, -0.05) is 42.5 Å². The third kappa shape index (κ3) is 6.36. The van der Waals surface area contributed by atoms with E-state index in [1.807, 2.05) is 53.9 Å². The minimum Gasteiger partial charge on any atom is -0.495 e. The first-order chi connectivity index (χ1) is 17.2. The highest BCUT2D eigenvalue weighted by Gasteiger charge is 2.11. The maximum atomic E-state index is 12.3. The van der Waals surface area contributed by atoms with Crippen LogP contribution in [0.3, 0.4) is 0 Å². The van der Waals surface area contributed by atoms with Gasteiger partial charge >= 0.3 is 0 Å². The number of para-hydroxylation sites is 2. The molecule has 0 aliphatic rings. The van der Waals surface area contributed by atoms with Gasteiger partial charge in [-0.15, -0.1) is 11.3 Å². The third-order valence-corrected chi connectivity index (χ3v) is 5.62. The molecule has 0 saturated carbocycles. The summed E-state index contributed by atoms with van der Waals surface area (Å²) in [6.45, 7) is -0.183. The fourth-order valence-electron chi connectivity index (χ4n) is 3.19. The zero-order valence-electron chi connectivity index (χ0n) is 19.2. The van der Waals surface area contributed by atoms with E-state index >= 15 is 0 Å².